The summed E-state index contributed by atoms with van der Waals surface area (Å²) < 4.78 is 13.6. The molecule has 3 heteroatoms. The van der Waals surface area contributed by atoms with E-state index in [9.17, 15) is 0 Å². The summed E-state index contributed by atoms with van der Waals surface area (Å²) in [6, 6.07) is 0. The number of rotatable bonds is 3. The molecule has 2 fully saturated rings. The second-order valence-electron chi connectivity index (χ2n) is 5.25. The number of ether oxygens (including phenoxy) is 2. The van der Waals surface area contributed by atoms with Crippen LogP contribution in [0.5, 0.6) is 0 Å². The van der Waals surface area contributed by atoms with Crippen LogP contribution in [0.25, 0.3) is 0 Å². The summed E-state index contributed by atoms with van der Waals surface area (Å²) >= 11 is 3.12. The molecule has 1 saturated heterocycles. The van der Waals surface area contributed by atoms with E-state index in [1.807, 2.05) is 10.6 Å². The second-order valence-corrected chi connectivity index (χ2v) is 5.70. The van der Waals surface area contributed by atoms with Gasteiger partial charge in [0.05, 0.1) is 0 Å². The van der Waals surface area contributed by atoms with Crippen molar-refractivity contribution in [2.45, 2.75) is 32.0 Å². The van der Waals surface area contributed by atoms with Crippen molar-refractivity contribution in [1.29, 1.82) is 0 Å². The Balaban J connectivity index is 2.22. The first kappa shape index (κ1) is 13.4. The van der Waals surface area contributed by atoms with E-state index in [1.54, 1.807) is 0 Å². The maximum atomic E-state index is 5.82. The Morgan fingerprint density at radius 3 is 2.59 bits per heavy atom. The monoisotopic (exact) mass is 326 g/mol. The summed E-state index contributed by atoms with van der Waals surface area (Å²) in [6.45, 7) is 11.8. The molecule has 2 atom stereocenters. The molecular formula is C14H20O2Pd. The molecule has 2 rings (SSSR count). The van der Waals surface area contributed by atoms with Crippen LogP contribution in [0.4, 0.5) is 0 Å². The van der Waals surface area contributed by atoms with Gasteiger partial charge in [-0.1, -0.05) is 0 Å². The SMILES string of the molecule is C=C[C@]1(C)CC2(CC[C@H]1C(=C)[CH]=[Pd])OCCO2. The van der Waals surface area contributed by atoms with Crippen molar-refractivity contribution in [2.75, 3.05) is 13.2 Å². The molecule has 1 aliphatic heterocycles. The van der Waals surface area contributed by atoms with E-state index in [2.05, 4.69) is 38.8 Å². The van der Waals surface area contributed by atoms with Crippen LogP contribution in [0.1, 0.15) is 26.2 Å². The van der Waals surface area contributed by atoms with Gasteiger partial charge in [-0.2, -0.15) is 0 Å². The van der Waals surface area contributed by atoms with Crippen molar-refractivity contribution in [2.24, 2.45) is 11.3 Å². The van der Waals surface area contributed by atoms with Crippen LogP contribution in [0, 0.1) is 11.3 Å². The van der Waals surface area contributed by atoms with E-state index in [0.29, 0.717) is 19.1 Å². The van der Waals surface area contributed by atoms with Crippen molar-refractivity contribution in [3.63, 3.8) is 0 Å². The average Bonchev–Trinajstić information content (AvgIpc) is 2.76. The molecular weight excluding hydrogens is 307 g/mol. The molecule has 98 valence electrons. The molecule has 0 radical (unpaired) electrons. The molecule has 1 aliphatic carbocycles. The van der Waals surface area contributed by atoms with Gasteiger partial charge in [0.1, 0.15) is 0 Å². The van der Waals surface area contributed by atoms with Gasteiger partial charge in [-0.25, -0.2) is 0 Å². The molecule has 17 heavy (non-hydrogen) atoms. The quantitative estimate of drug-likeness (QED) is 0.586. The molecule has 0 bridgehead atoms. The Morgan fingerprint density at radius 2 is 2.06 bits per heavy atom. The molecule has 2 aliphatic rings. The molecule has 0 N–H and O–H groups in total. The second kappa shape index (κ2) is 4.90. The molecule has 0 aromatic carbocycles. The average molecular weight is 327 g/mol. The zero-order valence-corrected chi connectivity index (χ0v) is 11.9. The van der Waals surface area contributed by atoms with Crippen molar-refractivity contribution >= 4 is 4.49 Å². The summed E-state index contributed by atoms with van der Waals surface area (Å²) in [5.74, 6) is 0.0581. The Morgan fingerprint density at radius 1 is 1.41 bits per heavy atom. The van der Waals surface area contributed by atoms with E-state index in [0.717, 1.165) is 24.8 Å². The van der Waals surface area contributed by atoms with Gasteiger partial charge >= 0.3 is 114 Å². The number of allylic oxidation sites excluding steroid dienone is 2. The van der Waals surface area contributed by atoms with Gasteiger partial charge in [-0.3, -0.25) is 0 Å². The Bertz CT molecular complexity index is 344. The molecule has 1 heterocycles. The number of hydrogen-bond donors (Lipinski definition) is 0. The van der Waals surface area contributed by atoms with Crippen LogP contribution in [0.3, 0.4) is 0 Å². The molecule has 0 aromatic rings. The van der Waals surface area contributed by atoms with Crippen molar-refractivity contribution in [3.05, 3.63) is 24.8 Å². The summed E-state index contributed by atoms with van der Waals surface area (Å²) in [5.41, 5.74) is 1.14. The molecule has 0 amide bonds. The minimum atomic E-state index is -0.366. The third-order valence-corrected chi connectivity index (χ3v) is 4.68. The molecule has 1 saturated carbocycles. The van der Waals surface area contributed by atoms with E-state index in [1.165, 1.54) is 0 Å². The van der Waals surface area contributed by atoms with E-state index >= 15 is 0 Å². The topological polar surface area (TPSA) is 18.5 Å². The van der Waals surface area contributed by atoms with Gasteiger partial charge in [0.15, 0.2) is 0 Å². The predicted molar refractivity (Wildman–Crippen MR) is 65.5 cm³/mol. The normalized spacial score (nSPS) is 35.8. The van der Waals surface area contributed by atoms with Crippen LogP contribution < -0.4 is 0 Å². The molecule has 1 spiro atoms. The third-order valence-electron chi connectivity index (χ3n) is 4.10. The first-order chi connectivity index (χ1) is 8.05. The van der Waals surface area contributed by atoms with Crippen molar-refractivity contribution < 1.29 is 28.2 Å². The summed E-state index contributed by atoms with van der Waals surface area (Å²) in [7, 11) is 0. The van der Waals surface area contributed by atoms with Crippen LogP contribution >= 0.6 is 0 Å². The Hall–Kier alpha value is -0.0677. The fraction of sp³-hybridized carbons (Fsp3) is 0.643. The van der Waals surface area contributed by atoms with E-state index in [4.69, 9.17) is 9.47 Å². The maximum absolute atomic E-state index is 5.82. The standard InChI is InChI=1S/C14H20O2.Pd/c1-5-13(4)10-14(15-8-9-16-14)7-6-12(13)11(2)3;/h2,5,12H,1,3,6-10H2,4H3;/t12-,13+;/m0./s1. The van der Waals surface area contributed by atoms with Gasteiger partial charge in [0.25, 0.3) is 0 Å². The van der Waals surface area contributed by atoms with Crippen LogP contribution in [-0.4, -0.2) is 23.5 Å². The van der Waals surface area contributed by atoms with Gasteiger partial charge in [0.2, 0.25) is 0 Å². The summed E-state index contributed by atoms with van der Waals surface area (Å²) in [6.07, 6.45) is 4.90. The zero-order valence-electron chi connectivity index (χ0n) is 10.3. The van der Waals surface area contributed by atoms with Gasteiger partial charge in [-0.15, -0.1) is 0 Å². The first-order valence-electron chi connectivity index (χ1n) is 6.05. The fourth-order valence-corrected chi connectivity index (χ4v) is 3.43. The molecule has 0 aromatic heterocycles. The van der Waals surface area contributed by atoms with Crippen LogP contribution in [-0.2, 0) is 28.2 Å². The van der Waals surface area contributed by atoms with Crippen molar-refractivity contribution in [1.82, 2.24) is 0 Å². The predicted octanol–water partition coefficient (Wildman–Crippen LogP) is 2.63. The first-order valence-corrected chi connectivity index (χ1v) is 6.95. The van der Waals surface area contributed by atoms with Gasteiger partial charge in [-0.05, 0) is 0 Å². The Kier molecular flexibility index (Phi) is 3.85. The minimum absolute atomic E-state index is 0.00398. The van der Waals surface area contributed by atoms with Crippen LogP contribution in [0.15, 0.2) is 24.8 Å². The molecule has 0 unspecified atom stereocenters. The summed E-state index contributed by atoms with van der Waals surface area (Å²) in [5, 5.41) is 0. The van der Waals surface area contributed by atoms with E-state index in [-0.39, 0.29) is 11.2 Å². The Labute approximate surface area is 114 Å². The molecule has 2 nitrogen and oxygen atoms in total. The summed E-state index contributed by atoms with van der Waals surface area (Å²) in [4.78, 5) is 0. The van der Waals surface area contributed by atoms with Crippen molar-refractivity contribution in [3.8, 4) is 0 Å². The fourth-order valence-electron chi connectivity index (χ4n) is 3.12. The number of hydrogen-bond acceptors (Lipinski definition) is 2. The zero-order chi connectivity index (χ0) is 12.5. The third kappa shape index (κ3) is 2.40. The van der Waals surface area contributed by atoms with Gasteiger partial charge in [0, 0.05) is 0 Å². The van der Waals surface area contributed by atoms with E-state index < -0.39 is 0 Å². The van der Waals surface area contributed by atoms with Crippen LogP contribution in [0.2, 0.25) is 0 Å². The van der Waals surface area contributed by atoms with Gasteiger partial charge < -0.3 is 0 Å².